The molecule has 1 aliphatic carbocycles. The van der Waals surface area contributed by atoms with Gasteiger partial charge < -0.3 is 5.11 Å². The highest BCUT2D eigenvalue weighted by atomic mass is 16.3. The van der Waals surface area contributed by atoms with Gasteiger partial charge >= 0.3 is 0 Å². The van der Waals surface area contributed by atoms with Crippen molar-refractivity contribution in [3.63, 3.8) is 0 Å². The number of likely N-dealkylation sites (tertiary alicyclic amines) is 1. The van der Waals surface area contributed by atoms with Crippen LogP contribution in [0.3, 0.4) is 0 Å². The lowest BCUT2D eigenvalue weighted by Gasteiger charge is -2.31. The number of imide groups is 1. The fourth-order valence-electron chi connectivity index (χ4n) is 4.76. The average Bonchev–Trinajstić information content (AvgIpc) is 3.16. The van der Waals surface area contributed by atoms with Gasteiger partial charge in [0.05, 0.1) is 18.1 Å². The summed E-state index contributed by atoms with van der Waals surface area (Å²) in [5.74, 6) is -0.145. The van der Waals surface area contributed by atoms with E-state index in [0.29, 0.717) is 13.0 Å². The summed E-state index contributed by atoms with van der Waals surface area (Å²) in [7, 11) is 0. The van der Waals surface area contributed by atoms with Crippen LogP contribution in [0.2, 0.25) is 0 Å². The molecule has 0 aromatic heterocycles. The lowest BCUT2D eigenvalue weighted by Crippen LogP contribution is -2.44. The highest BCUT2D eigenvalue weighted by Gasteiger charge is 2.52. The average molecular weight is 342 g/mol. The van der Waals surface area contributed by atoms with Gasteiger partial charge in [0.25, 0.3) is 0 Å². The van der Waals surface area contributed by atoms with E-state index in [1.54, 1.807) is 0 Å². The molecule has 5 heteroatoms. The molecule has 3 aliphatic rings. The molecule has 0 unspecified atom stereocenters. The second kappa shape index (κ2) is 6.54. The summed E-state index contributed by atoms with van der Waals surface area (Å²) in [6.45, 7) is 2.36. The highest BCUT2D eigenvalue weighted by molar-refractivity contribution is 6.06. The lowest BCUT2D eigenvalue weighted by molar-refractivity contribution is -0.143. The number of fused-ring (bicyclic) bond motifs is 1. The number of aliphatic hydroxyl groups excluding tert-OH is 1. The van der Waals surface area contributed by atoms with Gasteiger partial charge in [0.15, 0.2) is 0 Å². The van der Waals surface area contributed by atoms with Crippen LogP contribution in [0.5, 0.6) is 0 Å². The maximum atomic E-state index is 12.7. The molecule has 1 spiro atoms. The fraction of sp³-hybridized carbons (Fsp3) is 0.600. The molecule has 2 fully saturated rings. The van der Waals surface area contributed by atoms with E-state index in [4.69, 9.17) is 0 Å². The molecule has 1 aromatic carbocycles. The normalized spacial score (nSPS) is 24.1. The van der Waals surface area contributed by atoms with Crippen molar-refractivity contribution >= 4 is 11.8 Å². The van der Waals surface area contributed by atoms with Gasteiger partial charge in [-0.1, -0.05) is 37.1 Å². The van der Waals surface area contributed by atoms with Gasteiger partial charge in [-0.3, -0.25) is 19.4 Å². The van der Waals surface area contributed by atoms with Crippen molar-refractivity contribution in [3.05, 3.63) is 35.4 Å². The minimum absolute atomic E-state index is 0.0435. The Morgan fingerprint density at radius 3 is 2.56 bits per heavy atom. The summed E-state index contributed by atoms with van der Waals surface area (Å²) in [5.41, 5.74) is 2.24. The first kappa shape index (κ1) is 16.7. The van der Waals surface area contributed by atoms with Crippen molar-refractivity contribution in [2.75, 3.05) is 19.6 Å². The first-order valence-corrected chi connectivity index (χ1v) is 9.39. The number of benzene rings is 1. The quantitative estimate of drug-likeness (QED) is 0.847. The zero-order chi connectivity index (χ0) is 17.4. The predicted octanol–water partition coefficient (Wildman–Crippen LogP) is 1.72. The molecular formula is C20H26N2O3. The van der Waals surface area contributed by atoms with Crippen LogP contribution in [-0.4, -0.2) is 52.5 Å². The van der Waals surface area contributed by atoms with E-state index in [0.717, 1.165) is 45.2 Å². The van der Waals surface area contributed by atoms with E-state index in [1.807, 2.05) is 6.07 Å². The Bertz CT molecular complexity index is 681. The van der Waals surface area contributed by atoms with Crippen LogP contribution in [0, 0.1) is 5.41 Å². The second-order valence-corrected chi connectivity index (χ2v) is 7.88. The van der Waals surface area contributed by atoms with Gasteiger partial charge in [-0.15, -0.1) is 0 Å². The maximum absolute atomic E-state index is 12.7. The summed E-state index contributed by atoms with van der Waals surface area (Å²) in [6, 6.07) is 8.39. The van der Waals surface area contributed by atoms with Crippen LogP contribution < -0.4 is 0 Å². The Morgan fingerprint density at radius 1 is 1.08 bits per heavy atom. The van der Waals surface area contributed by atoms with Crippen LogP contribution in [0.4, 0.5) is 0 Å². The number of carbonyl (C=O) groups excluding carboxylic acids is 2. The number of β-amino-alcohol motifs (C(OH)–C–C–N with tert-alkyl or cyclic N) is 1. The number of hydrogen-bond acceptors (Lipinski definition) is 4. The minimum atomic E-state index is -0.685. The third-order valence-corrected chi connectivity index (χ3v) is 6.12. The Kier molecular flexibility index (Phi) is 4.38. The molecule has 25 heavy (non-hydrogen) atoms. The van der Waals surface area contributed by atoms with Gasteiger partial charge in [0.2, 0.25) is 11.8 Å². The molecule has 4 rings (SSSR count). The second-order valence-electron chi connectivity index (χ2n) is 7.88. The summed E-state index contributed by atoms with van der Waals surface area (Å²) >= 11 is 0. The van der Waals surface area contributed by atoms with Crippen molar-refractivity contribution in [2.24, 2.45) is 5.41 Å². The SMILES string of the molecule is O=C1CC2(CCCC2)C(=O)N1C[C@H](O)CN1CCc2ccccc2C1. The number of aliphatic hydroxyl groups is 1. The molecule has 1 N–H and O–H groups in total. The third-order valence-electron chi connectivity index (χ3n) is 6.12. The molecule has 2 amide bonds. The number of rotatable bonds is 4. The van der Waals surface area contributed by atoms with Crippen molar-refractivity contribution < 1.29 is 14.7 Å². The summed E-state index contributed by atoms with van der Waals surface area (Å²) in [5, 5.41) is 10.5. The van der Waals surface area contributed by atoms with Gasteiger partial charge in [0, 0.05) is 26.1 Å². The Hall–Kier alpha value is -1.72. The maximum Gasteiger partial charge on any atom is 0.235 e. The van der Waals surface area contributed by atoms with E-state index in [9.17, 15) is 14.7 Å². The minimum Gasteiger partial charge on any atom is -0.390 e. The molecule has 1 saturated carbocycles. The molecule has 1 atom stereocenters. The largest absolute Gasteiger partial charge is 0.390 e. The van der Waals surface area contributed by atoms with Crippen molar-refractivity contribution in [3.8, 4) is 0 Å². The monoisotopic (exact) mass is 342 g/mol. The Labute approximate surface area is 148 Å². The van der Waals surface area contributed by atoms with Crippen LogP contribution in [-0.2, 0) is 22.6 Å². The van der Waals surface area contributed by atoms with Gasteiger partial charge in [-0.25, -0.2) is 0 Å². The topological polar surface area (TPSA) is 60.9 Å². The summed E-state index contributed by atoms with van der Waals surface area (Å²) < 4.78 is 0. The molecule has 2 aliphatic heterocycles. The van der Waals surface area contributed by atoms with Crippen LogP contribution in [0.15, 0.2) is 24.3 Å². The predicted molar refractivity (Wildman–Crippen MR) is 93.7 cm³/mol. The molecule has 0 bridgehead atoms. The fourth-order valence-corrected chi connectivity index (χ4v) is 4.76. The Morgan fingerprint density at radius 2 is 1.80 bits per heavy atom. The first-order valence-electron chi connectivity index (χ1n) is 9.39. The standard InChI is InChI=1S/C20H26N2O3/c23-17(13-21-10-7-15-5-1-2-6-16(15)12-21)14-22-18(24)11-20(19(22)25)8-3-4-9-20/h1-2,5-6,17,23H,3-4,7-14H2/t17-/m1/s1. The highest BCUT2D eigenvalue weighted by Crippen LogP contribution is 2.46. The van der Waals surface area contributed by atoms with E-state index in [1.165, 1.54) is 16.0 Å². The zero-order valence-corrected chi connectivity index (χ0v) is 14.6. The van der Waals surface area contributed by atoms with E-state index in [2.05, 4.69) is 23.1 Å². The van der Waals surface area contributed by atoms with Gasteiger partial charge in [-0.2, -0.15) is 0 Å². The van der Waals surface area contributed by atoms with Crippen LogP contribution in [0.25, 0.3) is 0 Å². The zero-order valence-electron chi connectivity index (χ0n) is 14.6. The van der Waals surface area contributed by atoms with Gasteiger partial charge in [0.1, 0.15) is 0 Å². The molecule has 0 radical (unpaired) electrons. The van der Waals surface area contributed by atoms with Crippen molar-refractivity contribution in [1.29, 1.82) is 0 Å². The smallest absolute Gasteiger partial charge is 0.235 e. The summed E-state index contributed by atoms with van der Waals surface area (Å²) in [6.07, 6.45) is 4.35. The van der Waals surface area contributed by atoms with Crippen LogP contribution in [0.1, 0.15) is 43.2 Å². The van der Waals surface area contributed by atoms with E-state index < -0.39 is 11.5 Å². The number of hydrogen-bond donors (Lipinski definition) is 1. The Balaban J connectivity index is 1.36. The molecule has 2 heterocycles. The first-order chi connectivity index (χ1) is 12.1. The molecule has 1 aromatic rings. The lowest BCUT2D eigenvalue weighted by atomic mass is 9.84. The number of carbonyl (C=O) groups is 2. The molecular weight excluding hydrogens is 316 g/mol. The molecule has 134 valence electrons. The number of nitrogens with zero attached hydrogens (tertiary/aromatic N) is 2. The van der Waals surface area contributed by atoms with Crippen LogP contribution >= 0.6 is 0 Å². The van der Waals surface area contributed by atoms with Gasteiger partial charge in [-0.05, 0) is 30.4 Å². The van der Waals surface area contributed by atoms with E-state index >= 15 is 0 Å². The molecule has 1 saturated heterocycles. The third kappa shape index (κ3) is 3.11. The van der Waals surface area contributed by atoms with E-state index in [-0.39, 0.29) is 18.4 Å². The van der Waals surface area contributed by atoms with Crippen molar-refractivity contribution in [2.45, 2.75) is 51.2 Å². The summed E-state index contributed by atoms with van der Waals surface area (Å²) in [4.78, 5) is 28.6. The number of amides is 2. The van der Waals surface area contributed by atoms with Crippen molar-refractivity contribution in [1.82, 2.24) is 9.80 Å². The molecule has 5 nitrogen and oxygen atoms in total.